The number of benzene rings is 2. The third-order valence-corrected chi connectivity index (χ3v) is 3.88. The highest BCUT2D eigenvalue weighted by Gasteiger charge is 2.21. The van der Waals surface area contributed by atoms with Crippen LogP contribution in [0, 0.1) is 11.6 Å². The Hall–Kier alpha value is -2.79. The molecule has 0 aliphatic carbocycles. The van der Waals surface area contributed by atoms with Crippen molar-refractivity contribution < 1.29 is 13.6 Å². The molecule has 3 nitrogen and oxygen atoms in total. The fraction of sp³-hybridized carbons (Fsp3) is 0. The van der Waals surface area contributed by atoms with Gasteiger partial charge in [-0.3, -0.25) is 9.78 Å². The van der Waals surface area contributed by atoms with Crippen molar-refractivity contribution in [3.05, 3.63) is 82.5 Å². The van der Waals surface area contributed by atoms with Crippen LogP contribution in [0.3, 0.4) is 0 Å². The maximum absolute atomic E-state index is 14.0. The second-order valence-electron chi connectivity index (χ2n) is 5.03. The Morgan fingerprint density at radius 3 is 2.29 bits per heavy atom. The van der Waals surface area contributed by atoms with Gasteiger partial charge in [0.2, 0.25) is 0 Å². The zero-order valence-corrected chi connectivity index (χ0v) is 13.0. The zero-order valence-electron chi connectivity index (χ0n) is 12.3. The Morgan fingerprint density at radius 1 is 0.958 bits per heavy atom. The predicted molar refractivity (Wildman–Crippen MR) is 88.9 cm³/mol. The lowest BCUT2D eigenvalue weighted by Crippen LogP contribution is -2.09. The van der Waals surface area contributed by atoms with Gasteiger partial charge in [-0.15, -0.1) is 0 Å². The molecule has 0 bridgehead atoms. The van der Waals surface area contributed by atoms with Crippen LogP contribution in [0.5, 0.6) is 0 Å². The first-order chi connectivity index (χ1) is 11.5. The number of nitrogen functional groups attached to an aromatic ring is 1. The van der Waals surface area contributed by atoms with E-state index in [0.717, 1.165) is 12.1 Å². The topological polar surface area (TPSA) is 56.0 Å². The molecule has 3 rings (SSSR count). The van der Waals surface area contributed by atoms with Gasteiger partial charge in [0.25, 0.3) is 0 Å². The fourth-order valence-electron chi connectivity index (χ4n) is 2.38. The lowest BCUT2D eigenvalue weighted by atomic mass is 9.99. The predicted octanol–water partition coefficient (Wildman–Crippen LogP) is 4.49. The summed E-state index contributed by atoms with van der Waals surface area (Å²) in [5, 5.41) is 0.261. The first-order valence-corrected chi connectivity index (χ1v) is 7.36. The van der Waals surface area contributed by atoms with Gasteiger partial charge in [-0.05, 0) is 30.3 Å². The van der Waals surface area contributed by atoms with E-state index in [4.69, 9.17) is 17.3 Å². The maximum atomic E-state index is 14.0. The largest absolute Gasteiger partial charge is 0.396 e. The van der Waals surface area contributed by atoms with Crippen LogP contribution >= 0.6 is 11.6 Å². The molecule has 1 aromatic heterocycles. The summed E-state index contributed by atoms with van der Waals surface area (Å²) >= 11 is 6.03. The molecule has 0 saturated heterocycles. The highest BCUT2D eigenvalue weighted by atomic mass is 35.5. The first kappa shape index (κ1) is 16.1. The Balaban J connectivity index is 2.17. The van der Waals surface area contributed by atoms with Crippen molar-refractivity contribution in [3.8, 4) is 11.3 Å². The molecular formula is C18H11ClF2N2O. The molecule has 0 aliphatic rings. The molecule has 3 aromatic rings. The number of nitrogens with zero attached hydrogens (tertiary/aromatic N) is 1. The van der Waals surface area contributed by atoms with Gasteiger partial charge in [0.1, 0.15) is 11.6 Å². The summed E-state index contributed by atoms with van der Waals surface area (Å²) in [4.78, 5) is 16.6. The van der Waals surface area contributed by atoms with E-state index in [1.54, 1.807) is 24.3 Å². The third-order valence-electron chi connectivity index (χ3n) is 3.55. The third kappa shape index (κ3) is 2.74. The van der Waals surface area contributed by atoms with Crippen LogP contribution in [-0.4, -0.2) is 10.8 Å². The molecule has 0 radical (unpaired) electrons. The van der Waals surface area contributed by atoms with Gasteiger partial charge in [0.05, 0.1) is 22.0 Å². The van der Waals surface area contributed by atoms with E-state index < -0.39 is 17.4 Å². The number of carbonyl (C=O) groups excluding carboxylic acids is 1. The van der Waals surface area contributed by atoms with E-state index >= 15 is 0 Å². The standard InChI is InChI=1S/C18H11ClF2N2O/c19-12-5-2-1-4-10(12)18(24)11-8-9-23-17(16(11)22)15-13(20)6-3-7-14(15)21/h1-9H,22H2. The second kappa shape index (κ2) is 6.37. The summed E-state index contributed by atoms with van der Waals surface area (Å²) in [6, 6.07) is 11.3. The molecule has 0 aliphatic heterocycles. The minimum absolute atomic E-state index is 0.0794. The molecule has 0 atom stereocenters. The Labute approximate surface area is 141 Å². The molecular weight excluding hydrogens is 334 g/mol. The quantitative estimate of drug-likeness (QED) is 0.712. The summed E-state index contributed by atoms with van der Waals surface area (Å²) in [5.41, 5.74) is 5.71. The molecule has 0 fully saturated rings. The van der Waals surface area contributed by atoms with Crippen LogP contribution in [0.15, 0.2) is 54.7 Å². The average molecular weight is 345 g/mol. The number of pyridine rings is 1. The number of rotatable bonds is 3. The van der Waals surface area contributed by atoms with Gasteiger partial charge in [0.15, 0.2) is 5.78 Å². The lowest BCUT2D eigenvalue weighted by Gasteiger charge is -2.11. The van der Waals surface area contributed by atoms with Crippen LogP contribution in [0.25, 0.3) is 11.3 Å². The monoisotopic (exact) mass is 344 g/mol. The summed E-state index contributed by atoms with van der Waals surface area (Å²) < 4.78 is 28.0. The van der Waals surface area contributed by atoms with Crippen molar-refractivity contribution in [1.82, 2.24) is 4.98 Å². The Kier molecular flexibility index (Phi) is 4.27. The molecule has 0 amide bonds. The van der Waals surface area contributed by atoms with Gasteiger partial charge < -0.3 is 5.73 Å². The number of anilines is 1. The fourth-order valence-corrected chi connectivity index (χ4v) is 2.61. The number of ketones is 1. The van der Waals surface area contributed by atoms with Crippen molar-refractivity contribution in [2.75, 3.05) is 5.73 Å². The highest BCUT2D eigenvalue weighted by molar-refractivity contribution is 6.35. The normalized spacial score (nSPS) is 10.6. The number of hydrogen-bond acceptors (Lipinski definition) is 3. The minimum Gasteiger partial charge on any atom is -0.396 e. The Bertz CT molecular complexity index is 924. The highest BCUT2D eigenvalue weighted by Crippen LogP contribution is 2.32. The number of aromatic nitrogens is 1. The van der Waals surface area contributed by atoms with Gasteiger partial charge in [-0.25, -0.2) is 8.78 Å². The summed E-state index contributed by atoms with van der Waals surface area (Å²) in [6.45, 7) is 0. The maximum Gasteiger partial charge on any atom is 0.196 e. The van der Waals surface area contributed by atoms with Crippen LogP contribution in [0.1, 0.15) is 15.9 Å². The number of halogens is 3. The smallest absolute Gasteiger partial charge is 0.196 e. The van der Waals surface area contributed by atoms with Crippen molar-refractivity contribution in [3.63, 3.8) is 0 Å². The number of nitrogens with two attached hydrogens (primary N) is 1. The lowest BCUT2D eigenvalue weighted by molar-refractivity contribution is 0.103. The SMILES string of the molecule is Nc1c(C(=O)c2ccccc2Cl)ccnc1-c1c(F)cccc1F. The van der Waals surface area contributed by atoms with E-state index in [1.807, 2.05) is 0 Å². The molecule has 2 aromatic carbocycles. The molecule has 2 N–H and O–H groups in total. The molecule has 120 valence electrons. The number of hydrogen-bond donors (Lipinski definition) is 1. The van der Waals surface area contributed by atoms with Crippen LogP contribution < -0.4 is 5.73 Å². The Morgan fingerprint density at radius 2 is 1.62 bits per heavy atom. The van der Waals surface area contributed by atoms with Gasteiger partial charge >= 0.3 is 0 Å². The van der Waals surface area contributed by atoms with E-state index in [1.165, 1.54) is 18.3 Å². The van der Waals surface area contributed by atoms with Crippen molar-refractivity contribution >= 4 is 23.1 Å². The molecule has 0 spiro atoms. The van der Waals surface area contributed by atoms with E-state index in [-0.39, 0.29) is 33.1 Å². The molecule has 6 heteroatoms. The molecule has 1 heterocycles. The minimum atomic E-state index is -0.809. The van der Waals surface area contributed by atoms with Crippen molar-refractivity contribution in [2.45, 2.75) is 0 Å². The zero-order chi connectivity index (χ0) is 17.3. The first-order valence-electron chi connectivity index (χ1n) is 6.98. The van der Waals surface area contributed by atoms with E-state index in [2.05, 4.69) is 4.98 Å². The van der Waals surface area contributed by atoms with Crippen molar-refractivity contribution in [2.24, 2.45) is 0 Å². The van der Waals surface area contributed by atoms with Gasteiger partial charge in [-0.2, -0.15) is 0 Å². The molecule has 0 saturated carbocycles. The van der Waals surface area contributed by atoms with Crippen LogP contribution in [0.2, 0.25) is 5.02 Å². The van der Waals surface area contributed by atoms with Crippen LogP contribution in [0.4, 0.5) is 14.5 Å². The summed E-state index contributed by atoms with van der Waals surface area (Å²) in [7, 11) is 0. The second-order valence-corrected chi connectivity index (χ2v) is 5.43. The van der Waals surface area contributed by atoms with E-state index in [0.29, 0.717) is 0 Å². The van der Waals surface area contributed by atoms with Crippen LogP contribution in [-0.2, 0) is 0 Å². The summed E-state index contributed by atoms with van der Waals surface area (Å²) in [6.07, 6.45) is 1.28. The molecule has 0 unspecified atom stereocenters. The van der Waals surface area contributed by atoms with Gasteiger partial charge in [-0.1, -0.05) is 29.8 Å². The molecule has 24 heavy (non-hydrogen) atoms. The average Bonchev–Trinajstić information content (AvgIpc) is 2.56. The van der Waals surface area contributed by atoms with Gasteiger partial charge in [0, 0.05) is 17.3 Å². The van der Waals surface area contributed by atoms with Crippen molar-refractivity contribution in [1.29, 1.82) is 0 Å². The number of carbonyl (C=O) groups is 1. The van der Waals surface area contributed by atoms with E-state index in [9.17, 15) is 13.6 Å². The summed E-state index contributed by atoms with van der Waals surface area (Å²) in [5.74, 6) is -2.06.